The van der Waals surface area contributed by atoms with Gasteiger partial charge >= 0.3 is 0 Å². The van der Waals surface area contributed by atoms with Crippen LogP contribution in [-0.2, 0) is 4.79 Å². The number of carbonyl (C=O) groups excluding carboxylic acids is 1. The molecule has 15 heavy (non-hydrogen) atoms. The number of nitrogens with one attached hydrogen (secondary N) is 1. The molecular formula is C11H21BrN2O. The fourth-order valence-corrected chi connectivity index (χ4v) is 1.94. The maximum Gasteiger partial charge on any atom is 0.233 e. The lowest BCUT2D eigenvalue weighted by atomic mass is 9.80. The van der Waals surface area contributed by atoms with Crippen LogP contribution in [0.3, 0.4) is 0 Å². The van der Waals surface area contributed by atoms with E-state index in [4.69, 9.17) is 0 Å². The molecule has 88 valence electrons. The maximum absolute atomic E-state index is 11.4. The standard InChI is InChI=1S/C11H21BrN2O/c1-9(12)10(15)13-8-11(2)4-6-14(3)7-5-11/h9H,4-8H2,1-3H3,(H,13,15). The minimum Gasteiger partial charge on any atom is -0.355 e. The molecule has 1 amide bonds. The summed E-state index contributed by atoms with van der Waals surface area (Å²) in [6, 6.07) is 0. The summed E-state index contributed by atoms with van der Waals surface area (Å²) in [7, 11) is 2.15. The van der Waals surface area contributed by atoms with Crippen LogP contribution in [-0.4, -0.2) is 42.3 Å². The molecule has 0 bridgehead atoms. The molecule has 1 heterocycles. The summed E-state index contributed by atoms with van der Waals surface area (Å²) in [4.78, 5) is 13.7. The first-order chi connectivity index (χ1) is 6.93. The lowest BCUT2D eigenvalue weighted by molar-refractivity contribution is -0.120. The number of carbonyl (C=O) groups is 1. The Balaban J connectivity index is 2.34. The van der Waals surface area contributed by atoms with Crippen molar-refractivity contribution in [3.05, 3.63) is 0 Å². The molecule has 1 saturated heterocycles. The second-order valence-electron chi connectivity index (χ2n) is 4.95. The lowest BCUT2D eigenvalue weighted by Crippen LogP contribution is -2.44. The molecule has 3 nitrogen and oxygen atoms in total. The van der Waals surface area contributed by atoms with Crippen LogP contribution in [0.25, 0.3) is 0 Å². The SMILES string of the molecule is CC(Br)C(=O)NCC1(C)CCN(C)CC1. The zero-order valence-electron chi connectivity index (χ0n) is 9.85. The van der Waals surface area contributed by atoms with Crippen LogP contribution in [0.1, 0.15) is 26.7 Å². The van der Waals surface area contributed by atoms with E-state index < -0.39 is 0 Å². The van der Waals surface area contributed by atoms with Crippen LogP contribution in [0.15, 0.2) is 0 Å². The van der Waals surface area contributed by atoms with Crippen LogP contribution in [0.2, 0.25) is 0 Å². The van der Waals surface area contributed by atoms with Crippen molar-refractivity contribution in [2.75, 3.05) is 26.7 Å². The summed E-state index contributed by atoms with van der Waals surface area (Å²) in [6.45, 7) is 7.19. The molecule has 0 aromatic rings. The normalized spacial score (nSPS) is 23.5. The van der Waals surface area contributed by atoms with Crippen LogP contribution in [0, 0.1) is 5.41 Å². The fraction of sp³-hybridized carbons (Fsp3) is 0.909. The molecule has 0 aromatic heterocycles. The van der Waals surface area contributed by atoms with Crippen LogP contribution in [0.4, 0.5) is 0 Å². The molecular weight excluding hydrogens is 256 g/mol. The minimum atomic E-state index is -0.0904. The second-order valence-corrected chi connectivity index (χ2v) is 6.32. The number of alkyl halides is 1. The Morgan fingerprint density at radius 1 is 1.53 bits per heavy atom. The Bertz CT molecular complexity index is 223. The highest BCUT2D eigenvalue weighted by Crippen LogP contribution is 2.29. The van der Waals surface area contributed by atoms with Crippen molar-refractivity contribution in [3.63, 3.8) is 0 Å². The van der Waals surface area contributed by atoms with E-state index in [9.17, 15) is 4.79 Å². The number of rotatable bonds is 3. The van der Waals surface area contributed by atoms with Crippen molar-refractivity contribution < 1.29 is 4.79 Å². The van der Waals surface area contributed by atoms with Crippen molar-refractivity contribution in [3.8, 4) is 0 Å². The fourth-order valence-electron chi connectivity index (χ4n) is 1.78. The summed E-state index contributed by atoms with van der Waals surface area (Å²) in [5, 5.41) is 3.00. The first-order valence-electron chi connectivity index (χ1n) is 5.53. The van der Waals surface area contributed by atoms with E-state index in [1.54, 1.807) is 0 Å². The Kier molecular flexibility index (Phi) is 4.59. The van der Waals surface area contributed by atoms with Gasteiger partial charge in [-0.2, -0.15) is 0 Å². The molecule has 0 radical (unpaired) electrons. The number of amides is 1. The van der Waals surface area contributed by atoms with E-state index >= 15 is 0 Å². The Hall–Kier alpha value is -0.0900. The topological polar surface area (TPSA) is 32.3 Å². The first-order valence-corrected chi connectivity index (χ1v) is 6.45. The van der Waals surface area contributed by atoms with E-state index in [2.05, 4.69) is 40.1 Å². The summed E-state index contributed by atoms with van der Waals surface area (Å²) in [5.41, 5.74) is 0.282. The van der Waals surface area contributed by atoms with E-state index in [0.29, 0.717) is 0 Å². The predicted octanol–water partition coefficient (Wildman–Crippen LogP) is 1.62. The van der Waals surface area contributed by atoms with Gasteiger partial charge in [0.05, 0.1) is 4.83 Å². The number of halogens is 1. The number of piperidine rings is 1. The van der Waals surface area contributed by atoms with Gasteiger partial charge in [0.2, 0.25) is 5.91 Å². The number of hydrogen-bond acceptors (Lipinski definition) is 2. The highest BCUT2D eigenvalue weighted by molar-refractivity contribution is 9.10. The van der Waals surface area contributed by atoms with Crippen LogP contribution < -0.4 is 5.32 Å². The third kappa shape index (κ3) is 4.11. The third-order valence-corrected chi connectivity index (χ3v) is 3.66. The van der Waals surface area contributed by atoms with Crippen molar-refractivity contribution >= 4 is 21.8 Å². The van der Waals surface area contributed by atoms with Gasteiger partial charge in [-0.05, 0) is 45.3 Å². The van der Waals surface area contributed by atoms with Gasteiger partial charge in [-0.15, -0.1) is 0 Å². The zero-order chi connectivity index (χ0) is 11.5. The number of likely N-dealkylation sites (tertiary alicyclic amines) is 1. The molecule has 0 saturated carbocycles. The highest BCUT2D eigenvalue weighted by atomic mass is 79.9. The number of hydrogen-bond donors (Lipinski definition) is 1. The molecule has 1 unspecified atom stereocenters. The molecule has 1 aliphatic rings. The molecule has 4 heteroatoms. The van der Waals surface area contributed by atoms with E-state index in [1.807, 2.05) is 6.92 Å². The minimum absolute atomic E-state index is 0.0904. The van der Waals surface area contributed by atoms with Crippen LogP contribution in [0.5, 0.6) is 0 Å². The summed E-state index contributed by atoms with van der Waals surface area (Å²) in [5.74, 6) is 0.0927. The largest absolute Gasteiger partial charge is 0.355 e. The van der Waals surface area contributed by atoms with Crippen molar-refractivity contribution in [1.82, 2.24) is 10.2 Å². The van der Waals surface area contributed by atoms with Crippen molar-refractivity contribution in [2.24, 2.45) is 5.41 Å². The van der Waals surface area contributed by atoms with Crippen molar-refractivity contribution in [2.45, 2.75) is 31.5 Å². The summed E-state index contributed by atoms with van der Waals surface area (Å²) >= 11 is 3.27. The van der Waals surface area contributed by atoms with Gasteiger partial charge in [0, 0.05) is 6.54 Å². The quantitative estimate of drug-likeness (QED) is 0.795. The highest BCUT2D eigenvalue weighted by Gasteiger charge is 2.29. The average molecular weight is 277 g/mol. The maximum atomic E-state index is 11.4. The zero-order valence-corrected chi connectivity index (χ0v) is 11.4. The van der Waals surface area contributed by atoms with Gasteiger partial charge in [0.25, 0.3) is 0 Å². The van der Waals surface area contributed by atoms with E-state index in [-0.39, 0.29) is 16.1 Å². The van der Waals surface area contributed by atoms with Gasteiger partial charge < -0.3 is 10.2 Å². The van der Waals surface area contributed by atoms with Gasteiger partial charge in [0.15, 0.2) is 0 Å². The molecule has 1 aliphatic heterocycles. The average Bonchev–Trinajstić information content (AvgIpc) is 2.19. The Labute approximate surface area is 101 Å². The molecule has 0 aromatic carbocycles. The number of nitrogens with zero attached hydrogens (tertiary/aromatic N) is 1. The first kappa shape index (κ1) is 13.0. The van der Waals surface area contributed by atoms with Gasteiger partial charge in [-0.1, -0.05) is 22.9 Å². The smallest absolute Gasteiger partial charge is 0.233 e. The lowest BCUT2D eigenvalue weighted by Gasteiger charge is -2.38. The van der Waals surface area contributed by atoms with E-state index in [1.165, 1.54) is 12.8 Å². The molecule has 1 rings (SSSR count). The molecule has 1 atom stereocenters. The summed E-state index contributed by atoms with van der Waals surface area (Å²) in [6.07, 6.45) is 2.33. The monoisotopic (exact) mass is 276 g/mol. The van der Waals surface area contributed by atoms with Crippen molar-refractivity contribution in [1.29, 1.82) is 0 Å². The van der Waals surface area contributed by atoms with E-state index in [0.717, 1.165) is 19.6 Å². The van der Waals surface area contributed by atoms with Crippen LogP contribution >= 0.6 is 15.9 Å². The third-order valence-electron chi connectivity index (χ3n) is 3.24. The van der Waals surface area contributed by atoms with Gasteiger partial charge in [0.1, 0.15) is 0 Å². The van der Waals surface area contributed by atoms with Gasteiger partial charge in [-0.3, -0.25) is 4.79 Å². The second kappa shape index (κ2) is 5.30. The Morgan fingerprint density at radius 3 is 2.53 bits per heavy atom. The molecule has 1 fully saturated rings. The molecule has 0 aliphatic carbocycles. The molecule has 0 spiro atoms. The Morgan fingerprint density at radius 2 is 2.07 bits per heavy atom. The summed E-state index contributed by atoms with van der Waals surface area (Å²) < 4.78 is 0. The predicted molar refractivity (Wildman–Crippen MR) is 66.2 cm³/mol. The molecule has 1 N–H and O–H groups in total. The van der Waals surface area contributed by atoms with Gasteiger partial charge in [-0.25, -0.2) is 0 Å².